The Bertz CT molecular complexity index is 166. The maximum absolute atomic E-state index is 5.43. The van der Waals surface area contributed by atoms with Crippen LogP contribution in [-0.2, 0) is 4.74 Å². The minimum Gasteiger partial charge on any atom is -0.378 e. The Morgan fingerprint density at radius 2 is 2.08 bits per heavy atom. The van der Waals surface area contributed by atoms with Crippen molar-refractivity contribution < 1.29 is 4.74 Å². The molecule has 1 heterocycles. The summed E-state index contributed by atoms with van der Waals surface area (Å²) in [5.74, 6) is 0.554. The average Bonchev–Trinajstić information content (AvgIpc) is 2.18. The largest absolute Gasteiger partial charge is 0.378 e. The van der Waals surface area contributed by atoms with Crippen molar-refractivity contribution in [1.82, 2.24) is 4.90 Å². The quantitative estimate of drug-likeness (QED) is 0.649. The summed E-state index contributed by atoms with van der Waals surface area (Å²) >= 11 is 5.43. The Morgan fingerprint density at radius 3 is 2.62 bits per heavy atom. The zero-order chi connectivity index (χ0) is 9.68. The molecule has 0 radical (unpaired) electrons. The SMILES string of the molecule is CCCC(C)C(=S)N1CCOCC1. The van der Waals surface area contributed by atoms with E-state index in [4.69, 9.17) is 17.0 Å². The van der Waals surface area contributed by atoms with Crippen LogP contribution in [0.3, 0.4) is 0 Å². The van der Waals surface area contributed by atoms with Gasteiger partial charge in [0, 0.05) is 19.0 Å². The monoisotopic (exact) mass is 201 g/mol. The number of morpholine rings is 1. The summed E-state index contributed by atoms with van der Waals surface area (Å²) in [4.78, 5) is 3.42. The molecule has 3 heteroatoms. The maximum atomic E-state index is 5.43. The molecule has 1 saturated heterocycles. The minimum absolute atomic E-state index is 0.554. The van der Waals surface area contributed by atoms with E-state index >= 15 is 0 Å². The van der Waals surface area contributed by atoms with Crippen molar-refractivity contribution in [3.05, 3.63) is 0 Å². The number of thiocarbonyl (C=S) groups is 1. The van der Waals surface area contributed by atoms with Crippen LogP contribution in [0.1, 0.15) is 26.7 Å². The van der Waals surface area contributed by atoms with E-state index in [1.165, 1.54) is 12.8 Å². The van der Waals surface area contributed by atoms with Gasteiger partial charge in [0.05, 0.1) is 18.2 Å². The van der Waals surface area contributed by atoms with Crippen LogP contribution >= 0.6 is 12.2 Å². The van der Waals surface area contributed by atoms with Gasteiger partial charge in [-0.05, 0) is 6.42 Å². The topological polar surface area (TPSA) is 12.5 Å². The zero-order valence-electron chi connectivity index (χ0n) is 8.58. The predicted molar refractivity (Wildman–Crippen MR) is 59.1 cm³/mol. The lowest BCUT2D eigenvalue weighted by molar-refractivity contribution is 0.0672. The van der Waals surface area contributed by atoms with E-state index in [-0.39, 0.29) is 0 Å². The van der Waals surface area contributed by atoms with Crippen LogP contribution in [0, 0.1) is 5.92 Å². The Labute approximate surface area is 86.3 Å². The predicted octanol–water partition coefficient (Wildman–Crippen LogP) is 2.08. The fourth-order valence-corrected chi connectivity index (χ4v) is 1.95. The highest BCUT2D eigenvalue weighted by Gasteiger charge is 2.17. The Balaban J connectivity index is 2.36. The van der Waals surface area contributed by atoms with Gasteiger partial charge in [-0.15, -0.1) is 0 Å². The van der Waals surface area contributed by atoms with Gasteiger partial charge in [0.25, 0.3) is 0 Å². The first-order valence-electron chi connectivity index (χ1n) is 5.12. The molecule has 0 aliphatic carbocycles. The zero-order valence-corrected chi connectivity index (χ0v) is 9.40. The third kappa shape index (κ3) is 3.24. The maximum Gasteiger partial charge on any atom is 0.0809 e. The lowest BCUT2D eigenvalue weighted by Gasteiger charge is -2.31. The second kappa shape index (κ2) is 5.55. The fourth-order valence-electron chi connectivity index (χ4n) is 1.65. The molecule has 0 spiro atoms. The van der Waals surface area contributed by atoms with E-state index in [0.717, 1.165) is 31.3 Å². The minimum atomic E-state index is 0.554. The van der Waals surface area contributed by atoms with Crippen molar-refractivity contribution in [2.24, 2.45) is 5.92 Å². The Hall–Kier alpha value is -0.150. The number of ether oxygens (including phenoxy) is 1. The molecule has 0 bridgehead atoms. The molecule has 0 aromatic carbocycles. The summed E-state index contributed by atoms with van der Waals surface area (Å²) in [6, 6.07) is 0. The molecule has 76 valence electrons. The van der Waals surface area contributed by atoms with Gasteiger partial charge in [-0.25, -0.2) is 0 Å². The van der Waals surface area contributed by atoms with Crippen molar-refractivity contribution in [3.63, 3.8) is 0 Å². The molecule has 0 aromatic rings. The van der Waals surface area contributed by atoms with Crippen molar-refractivity contribution >= 4 is 17.2 Å². The molecule has 1 unspecified atom stereocenters. The standard InChI is InChI=1S/C10H19NOS/c1-3-4-9(2)10(13)11-5-7-12-8-6-11/h9H,3-8H2,1-2H3. The van der Waals surface area contributed by atoms with Crippen molar-refractivity contribution in [3.8, 4) is 0 Å². The van der Waals surface area contributed by atoms with Crippen LogP contribution in [0.2, 0.25) is 0 Å². The van der Waals surface area contributed by atoms with Crippen molar-refractivity contribution in [2.75, 3.05) is 26.3 Å². The number of rotatable bonds is 3. The highest BCUT2D eigenvalue weighted by Crippen LogP contribution is 2.12. The molecular weight excluding hydrogens is 182 g/mol. The van der Waals surface area contributed by atoms with Gasteiger partial charge in [-0.1, -0.05) is 32.5 Å². The van der Waals surface area contributed by atoms with E-state index in [1.807, 2.05) is 0 Å². The van der Waals surface area contributed by atoms with Gasteiger partial charge in [0.1, 0.15) is 0 Å². The fraction of sp³-hybridized carbons (Fsp3) is 0.900. The van der Waals surface area contributed by atoms with E-state index in [1.54, 1.807) is 0 Å². The lowest BCUT2D eigenvalue weighted by Crippen LogP contribution is -2.42. The van der Waals surface area contributed by atoms with E-state index in [9.17, 15) is 0 Å². The van der Waals surface area contributed by atoms with Crippen molar-refractivity contribution in [2.45, 2.75) is 26.7 Å². The Morgan fingerprint density at radius 1 is 1.46 bits per heavy atom. The highest BCUT2D eigenvalue weighted by atomic mass is 32.1. The van der Waals surface area contributed by atoms with Crippen LogP contribution in [0.25, 0.3) is 0 Å². The van der Waals surface area contributed by atoms with Gasteiger partial charge in [-0.3, -0.25) is 0 Å². The van der Waals surface area contributed by atoms with Gasteiger partial charge in [-0.2, -0.15) is 0 Å². The van der Waals surface area contributed by atoms with Crippen LogP contribution in [-0.4, -0.2) is 36.2 Å². The molecule has 0 saturated carbocycles. The number of hydrogen-bond acceptors (Lipinski definition) is 2. The van der Waals surface area contributed by atoms with Crippen LogP contribution in [0.4, 0.5) is 0 Å². The smallest absolute Gasteiger partial charge is 0.0809 e. The first-order valence-corrected chi connectivity index (χ1v) is 5.53. The third-order valence-electron chi connectivity index (χ3n) is 2.47. The summed E-state index contributed by atoms with van der Waals surface area (Å²) in [6.45, 7) is 8.05. The summed E-state index contributed by atoms with van der Waals surface area (Å²) in [5, 5.41) is 0. The van der Waals surface area contributed by atoms with E-state index < -0.39 is 0 Å². The lowest BCUT2D eigenvalue weighted by atomic mass is 10.1. The molecular formula is C10H19NOS. The molecule has 1 aliphatic rings. The summed E-state index contributed by atoms with van der Waals surface area (Å²) < 4.78 is 5.29. The molecule has 1 rings (SSSR count). The molecule has 1 fully saturated rings. The number of hydrogen-bond donors (Lipinski definition) is 0. The first kappa shape index (κ1) is 10.9. The van der Waals surface area contributed by atoms with E-state index in [0.29, 0.717) is 5.92 Å². The molecule has 1 atom stereocenters. The first-order chi connectivity index (χ1) is 6.25. The van der Waals surface area contributed by atoms with Gasteiger partial charge >= 0.3 is 0 Å². The summed E-state index contributed by atoms with van der Waals surface area (Å²) in [6.07, 6.45) is 2.42. The van der Waals surface area contributed by atoms with Gasteiger partial charge in [0.2, 0.25) is 0 Å². The van der Waals surface area contributed by atoms with Crippen LogP contribution < -0.4 is 0 Å². The third-order valence-corrected chi connectivity index (χ3v) is 3.13. The van der Waals surface area contributed by atoms with Gasteiger partial charge in [0.15, 0.2) is 0 Å². The van der Waals surface area contributed by atoms with Crippen molar-refractivity contribution in [1.29, 1.82) is 0 Å². The van der Waals surface area contributed by atoms with E-state index in [2.05, 4.69) is 18.7 Å². The molecule has 0 N–H and O–H groups in total. The molecule has 13 heavy (non-hydrogen) atoms. The molecule has 0 amide bonds. The molecule has 1 aliphatic heterocycles. The summed E-state index contributed by atoms with van der Waals surface area (Å²) in [5.41, 5.74) is 0. The molecule has 2 nitrogen and oxygen atoms in total. The van der Waals surface area contributed by atoms with Crippen LogP contribution in [0.15, 0.2) is 0 Å². The Kier molecular flexibility index (Phi) is 4.67. The van der Waals surface area contributed by atoms with Crippen LogP contribution in [0.5, 0.6) is 0 Å². The van der Waals surface area contributed by atoms with Gasteiger partial charge < -0.3 is 9.64 Å². The number of nitrogens with zero attached hydrogens (tertiary/aromatic N) is 1. The highest BCUT2D eigenvalue weighted by molar-refractivity contribution is 7.80. The molecule has 0 aromatic heterocycles. The second-order valence-corrected chi connectivity index (χ2v) is 4.05. The normalized spacial score (nSPS) is 20.0. The average molecular weight is 201 g/mol. The summed E-state index contributed by atoms with van der Waals surface area (Å²) in [7, 11) is 0. The second-order valence-electron chi connectivity index (χ2n) is 3.63.